The molecule has 0 amide bonds. The molecule has 0 bridgehead atoms. The lowest BCUT2D eigenvalue weighted by atomic mass is 10.2. The molecule has 2 heterocycles. The maximum absolute atomic E-state index is 11.0. The smallest absolute Gasteiger partial charge is 0.156 e. The first-order valence-corrected chi connectivity index (χ1v) is 6.58. The predicted molar refractivity (Wildman–Crippen MR) is 74.8 cm³/mol. The van der Waals surface area contributed by atoms with Crippen LogP contribution in [0.2, 0.25) is 5.15 Å². The first kappa shape index (κ1) is 14.2. The van der Waals surface area contributed by atoms with Gasteiger partial charge in [0.2, 0.25) is 0 Å². The van der Waals surface area contributed by atoms with E-state index in [2.05, 4.69) is 39.2 Å². The summed E-state index contributed by atoms with van der Waals surface area (Å²) >= 11 is 5.86. The number of aldehydes is 1. The zero-order valence-corrected chi connectivity index (χ0v) is 11.9. The number of likely N-dealkylation sites (N-methyl/N-ethyl adjacent to an activating group) is 2. The van der Waals surface area contributed by atoms with Gasteiger partial charge in [-0.05, 0) is 14.1 Å². The van der Waals surface area contributed by atoms with Gasteiger partial charge >= 0.3 is 0 Å². The fraction of sp³-hybridized carbons (Fsp3) is 0.583. The molecule has 0 aliphatic carbocycles. The third-order valence-electron chi connectivity index (χ3n) is 3.44. The van der Waals surface area contributed by atoms with Crippen molar-refractivity contribution in [2.24, 2.45) is 0 Å². The number of nitrogens with one attached hydrogen (secondary N) is 1. The van der Waals surface area contributed by atoms with Crippen molar-refractivity contribution in [1.29, 1.82) is 0 Å². The number of rotatable bonds is 4. The summed E-state index contributed by atoms with van der Waals surface area (Å²) in [7, 11) is 4.21. The van der Waals surface area contributed by atoms with Gasteiger partial charge in [0.25, 0.3) is 0 Å². The summed E-state index contributed by atoms with van der Waals surface area (Å²) in [5, 5.41) is 3.37. The molecule has 19 heavy (non-hydrogen) atoms. The van der Waals surface area contributed by atoms with Crippen molar-refractivity contribution in [2.45, 2.75) is 6.04 Å². The van der Waals surface area contributed by atoms with Crippen molar-refractivity contribution in [3.05, 3.63) is 17.0 Å². The van der Waals surface area contributed by atoms with E-state index in [0.29, 0.717) is 23.7 Å². The Bertz CT molecular complexity index is 456. The molecule has 1 fully saturated rings. The standard InChI is InChI=1S/C12H18ClN5O/c1-17-3-4-18(2)9(6-17)5-14-12-10(7-19)11(13)15-8-16-12/h7-9H,3-6H2,1-2H3,(H,14,15,16). The molecular formula is C12H18ClN5O. The van der Waals surface area contributed by atoms with Crippen LogP contribution in [0.15, 0.2) is 6.33 Å². The first-order valence-electron chi connectivity index (χ1n) is 6.20. The fourth-order valence-electron chi connectivity index (χ4n) is 2.16. The minimum Gasteiger partial charge on any atom is -0.368 e. The van der Waals surface area contributed by atoms with Gasteiger partial charge in [-0.3, -0.25) is 9.69 Å². The third kappa shape index (κ3) is 3.40. The highest BCUT2D eigenvalue weighted by atomic mass is 35.5. The van der Waals surface area contributed by atoms with Gasteiger partial charge < -0.3 is 10.2 Å². The Labute approximate surface area is 117 Å². The van der Waals surface area contributed by atoms with Crippen LogP contribution in [-0.2, 0) is 0 Å². The minimum absolute atomic E-state index is 0.182. The predicted octanol–water partition coefficient (Wildman–Crippen LogP) is 0.600. The Balaban J connectivity index is 2.02. The quantitative estimate of drug-likeness (QED) is 0.645. The topological polar surface area (TPSA) is 61.4 Å². The summed E-state index contributed by atoms with van der Waals surface area (Å²) < 4.78 is 0. The van der Waals surface area contributed by atoms with Crippen LogP contribution in [0.3, 0.4) is 0 Å². The van der Waals surface area contributed by atoms with E-state index in [0.717, 1.165) is 26.2 Å². The third-order valence-corrected chi connectivity index (χ3v) is 3.74. The molecule has 0 spiro atoms. The molecule has 0 aromatic carbocycles. The molecule has 2 rings (SSSR count). The van der Waals surface area contributed by atoms with Gasteiger partial charge in [-0.1, -0.05) is 11.6 Å². The Morgan fingerprint density at radius 1 is 1.47 bits per heavy atom. The Morgan fingerprint density at radius 2 is 2.26 bits per heavy atom. The molecule has 0 saturated carbocycles. The highest BCUT2D eigenvalue weighted by molar-refractivity contribution is 6.32. The van der Waals surface area contributed by atoms with E-state index in [1.165, 1.54) is 6.33 Å². The fourth-order valence-corrected chi connectivity index (χ4v) is 2.33. The highest BCUT2D eigenvalue weighted by Gasteiger charge is 2.22. The minimum atomic E-state index is 0.182. The number of carbonyl (C=O) groups excluding carboxylic acids is 1. The van der Waals surface area contributed by atoms with E-state index >= 15 is 0 Å². The molecule has 1 aliphatic heterocycles. The molecule has 1 atom stereocenters. The van der Waals surface area contributed by atoms with Crippen molar-refractivity contribution >= 4 is 23.7 Å². The summed E-state index contributed by atoms with van der Waals surface area (Å²) in [6.07, 6.45) is 2.04. The van der Waals surface area contributed by atoms with Crippen LogP contribution in [0.25, 0.3) is 0 Å². The molecule has 0 radical (unpaired) electrons. The van der Waals surface area contributed by atoms with Gasteiger partial charge in [-0.15, -0.1) is 0 Å². The molecule has 7 heteroatoms. The number of carbonyl (C=O) groups is 1. The SMILES string of the molecule is CN1CCN(C)C(CNc2ncnc(Cl)c2C=O)C1. The van der Waals surface area contributed by atoms with Crippen molar-refractivity contribution in [1.82, 2.24) is 19.8 Å². The second-order valence-electron chi connectivity index (χ2n) is 4.82. The molecule has 1 aromatic rings. The second kappa shape index (κ2) is 6.27. The van der Waals surface area contributed by atoms with Crippen LogP contribution >= 0.6 is 11.6 Å². The largest absolute Gasteiger partial charge is 0.368 e. The zero-order chi connectivity index (χ0) is 13.8. The van der Waals surface area contributed by atoms with Crippen LogP contribution < -0.4 is 5.32 Å². The first-order chi connectivity index (χ1) is 9.11. The average Bonchev–Trinajstić information content (AvgIpc) is 2.40. The highest BCUT2D eigenvalue weighted by Crippen LogP contribution is 2.17. The average molecular weight is 284 g/mol. The van der Waals surface area contributed by atoms with Gasteiger partial charge in [-0.2, -0.15) is 0 Å². The summed E-state index contributed by atoms with van der Waals surface area (Å²) in [6.45, 7) is 3.81. The van der Waals surface area contributed by atoms with Crippen LogP contribution in [0.5, 0.6) is 0 Å². The number of hydrogen-bond donors (Lipinski definition) is 1. The molecule has 1 unspecified atom stereocenters. The lowest BCUT2D eigenvalue weighted by Gasteiger charge is -2.37. The summed E-state index contributed by atoms with van der Waals surface area (Å²) in [4.78, 5) is 23.5. The summed E-state index contributed by atoms with van der Waals surface area (Å²) in [5.41, 5.74) is 0.316. The number of nitrogens with zero attached hydrogens (tertiary/aromatic N) is 4. The van der Waals surface area contributed by atoms with Crippen molar-refractivity contribution in [3.8, 4) is 0 Å². The van der Waals surface area contributed by atoms with Crippen molar-refractivity contribution in [2.75, 3.05) is 45.6 Å². The van der Waals surface area contributed by atoms with Crippen molar-refractivity contribution in [3.63, 3.8) is 0 Å². The van der Waals surface area contributed by atoms with Gasteiger partial charge in [0.15, 0.2) is 6.29 Å². The lowest BCUT2D eigenvalue weighted by Crippen LogP contribution is -2.52. The number of piperazine rings is 1. The van der Waals surface area contributed by atoms with Crippen molar-refractivity contribution < 1.29 is 4.79 Å². The summed E-state index contributed by atoms with van der Waals surface area (Å²) in [6, 6.07) is 0.381. The Hall–Kier alpha value is -1.24. The molecule has 1 saturated heterocycles. The van der Waals surface area contributed by atoms with E-state index in [-0.39, 0.29) is 5.15 Å². The molecule has 1 aliphatic rings. The molecule has 1 aromatic heterocycles. The number of hydrogen-bond acceptors (Lipinski definition) is 6. The van der Waals surface area contributed by atoms with Gasteiger partial charge in [0, 0.05) is 32.2 Å². The maximum atomic E-state index is 11.0. The Kier molecular flexibility index (Phi) is 4.68. The molecule has 6 nitrogen and oxygen atoms in total. The van der Waals surface area contributed by atoms with E-state index < -0.39 is 0 Å². The van der Waals surface area contributed by atoms with Gasteiger partial charge in [0.05, 0.1) is 5.56 Å². The lowest BCUT2D eigenvalue weighted by molar-refractivity contribution is 0.112. The normalized spacial score (nSPS) is 21.3. The zero-order valence-electron chi connectivity index (χ0n) is 11.1. The molecule has 104 valence electrons. The second-order valence-corrected chi connectivity index (χ2v) is 5.18. The van der Waals surface area contributed by atoms with E-state index in [4.69, 9.17) is 11.6 Å². The van der Waals surface area contributed by atoms with E-state index in [9.17, 15) is 4.79 Å². The van der Waals surface area contributed by atoms with Gasteiger partial charge in [-0.25, -0.2) is 9.97 Å². The monoisotopic (exact) mass is 283 g/mol. The number of anilines is 1. The van der Waals surface area contributed by atoms with E-state index in [1.54, 1.807) is 0 Å². The van der Waals surface area contributed by atoms with Crippen LogP contribution in [0.1, 0.15) is 10.4 Å². The van der Waals surface area contributed by atoms with Crippen LogP contribution in [0, 0.1) is 0 Å². The number of aromatic nitrogens is 2. The Morgan fingerprint density at radius 3 is 3.00 bits per heavy atom. The summed E-state index contributed by atoms with van der Waals surface area (Å²) in [5.74, 6) is 0.497. The molecule has 1 N–H and O–H groups in total. The van der Waals surface area contributed by atoms with E-state index in [1.807, 2.05) is 0 Å². The number of halogens is 1. The van der Waals surface area contributed by atoms with Gasteiger partial charge in [0.1, 0.15) is 17.3 Å². The maximum Gasteiger partial charge on any atom is 0.156 e. The van der Waals surface area contributed by atoms with Crippen LogP contribution in [0.4, 0.5) is 5.82 Å². The van der Waals surface area contributed by atoms with Crippen LogP contribution in [-0.4, -0.2) is 72.4 Å². The molecular weight excluding hydrogens is 266 g/mol.